The van der Waals surface area contributed by atoms with Crippen LogP contribution in [0.3, 0.4) is 0 Å². The van der Waals surface area contributed by atoms with Gasteiger partial charge in [-0.3, -0.25) is 4.79 Å². The number of aryl methyl sites for hydroxylation is 1. The Hall–Kier alpha value is -3.42. The predicted octanol–water partition coefficient (Wildman–Crippen LogP) is 5.60. The first-order valence-electron chi connectivity index (χ1n) is 8.98. The third-order valence-electron chi connectivity index (χ3n) is 4.51. The van der Waals surface area contributed by atoms with Crippen molar-refractivity contribution < 1.29 is 9.18 Å². The van der Waals surface area contributed by atoms with Crippen molar-refractivity contribution in [3.05, 3.63) is 111 Å². The number of halogens is 2. The second kappa shape index (κ2) is 9.18. The number of nitrogens with one attached hydrogen (secondary N) is 1. The third kappa shape index (κ3) is 4.71. The summed E-state index contributed by atoms with van der Waals surface area (Å²) in [4.78, 5) is 12.9. The van der Waals surface area contributed by atoms with Gasteiger partial charge in [0.15, 0.2) is 0 Å². The molecule has 0 atom stereocenters. The zero-order valence-corrected chi connectivity index (χ0v) is 16.5. The molecule has 0 radical (unpaired) electrons. The molecular formula is C24H18ClFN2O. The molecule has 0 bridgehead atoms. The summed E-state index contributed by atoms with van der Waals surface area (Å²) in [6.45, 7) is 1.59. The summed E-state index contributed by atoms with van der Waals surface area (Å²) in [7, 11) is 0. The quantitative estimate of drug-likeness (QED) is 0.444. The van der Waals surface area contributed by atoms with E-state index in [9.17, 15) is 14.4 Å². The Morgan fingerprint density at radius 3 is 2.10 bits per heavy atom. The molecule has 144 valence electrons. The molecular weight excluding hydrogens is 387 g/mol. The van der Waals surface area contributed by atoms with Crippen LogP contribution in [0.15, 0.2) is 78.4 Å². The lowest BCUT2D eigenvalue weighted by atomic mass is 9.98. The molecule has 29 heavy (non-hydrogen) atoms. The van der Waals surface area contributed by atoms with E-state index < -0.39 is 17.8 Å². The third-order valence-corrected chi connectivity index (χ3v) is 4.84. The largest absolute Gasteiger partial charge is 0.340 e. The second-order valence-electron chi connectivity index (χ2n) is 6.49. The molecule has 0 heterocycles. The van der Waals surface area contributed by atoms with Crippen LogP contribution in [-0.4, -0.2) is 5.91 Å². The highest BCUT2D eigenvalue weighted by atomic mass is 35.5. The Morgan fingerprint density at radius 2 is 1.59 bits per heavy atom. The van der Waals surface area contributed by atoms with Crippen LogP contribution in [0.1, 0.15) is 28.3 Å². The van der Waals surface area contributed by atoms with E-state index in [1.165, 1.54) is 12.1 Å². The number of rotatable bonds is 5. The zero-order chi connectivity index (χ0) is 20.8. The van der Waals surface area contributed by atoms with Crippen molar-refractivity contribution in [2.75, 3.05) is 0 Å². The molecule has 1 N–H and O–H groups in total. The van der Waals surface area contributed by atoms with Crippen LogP contribution in [0, 0.1) is 24.1 Å². The van der Waals surface area contributed by atoms with E-state index in [-0.39, 0.29) is 16.2 Å². The molecule has 5 heteroatoms. The molecule has 0 aliphatic rings. The number of hydrogen-bond acceptors (Lipinski definition) is 2. The van der Waals surface area contributed by atoms with Gasteiger partial charge in [-0.15, -0.1) is 0 Å². The van der Waals surface area contributed by atoms with Gasteiger partial charge in [-0.05, 0) is 35.8 Å². The van der Waals surface area contributed by atoms with Gasteiger partial charge in [0.1, 0.15) is 17.5 Å². The maximum atomic E-state index is 14.4. The summed E-state index contributed by atoms with van der Waals surface area (Å²) in [5, 5.41) is 12.5. The summed E-state index contributed by atoms with van der Waals surface area (Å²) in [5.74, 6) is -1.16. The Kier molecular flexibility index (Phi) is 6.43. The van der Waals surface area contributed by atoms with E-state index in [1.54, 1.807) is 13.0 Å². The molecule has 0 saturated heterocycles. The van der Waals surface area contributed by atoms with Crippen LogP contribution >= 0.6 is 11.6 Å². The van der Waals surface area contributed by atoms with Crippen LogP contribution in [-0.2, 0) is 4.79 Å². The predicted molar refractivity (Wildman–Crippen MR) is 113 cm³/mol. The fourth-order valence-corrected chi connectivity index (χ4v) is 3.16. The van der Waals surface area contributed by atoms with Crippen molar-refractivity contribution in [1.82, 2.24) is 5.32 Å². The van der Waals surface area contributed by atoms with Crippen LogP contribution in [0.2, 0.25) is 5.02 Å². The van der Waals surface area contributed by atoms with Gasteiger partial charge in [-0.1, -0.05) is 78.3 Å². The number of benzene rings is 3. The number of nitrogens with zero attached hydrogens (tertiary/aromatic N) is 1. The van der Waals surface area contributed by atoms with Crippen molar-refractivity contribution in [1.29, 1.82) is 5.26 Å². The van der Waals surface area contributed by atoms with Gasteiger partial charge in [0.25, 0.3) is 5.91 Å². The maximum Gasteiger partial charge on any atom is 0.262 e. The summed E-state index contributed by atoms with van der Waals surface area (Å²) in [5.41, 5.74) is 1.90. The van der Waals surface area contributed by atoms with Crippen LogP contribution in [0.5, 0.6) is 0 Å². The summed E-state index contributed by atoms with van der Waals surface area (Å²) >= 11 is 6.08. The van der Waals surface area contributed by atoms with Crippen LogP contribution in [0.25, 0.3) is 6.08 Å². The first-order chi connectivity index (χ1) is 14.0. The molecule has 0 fully saturated rings. The van der Waals surface area contributed by atoms with Crippen molar-refractivity contribution in [3.8, 4) is 6.07 Å². The SMILES string of the molecule is Cc1ccc(Cl)c(C=C(C#N)C(=O)NC(c2ccccc2)c2ccccc2)c1F. The minimum atomic E-state index is -0.609. The monoisotopic (exact) mass is 404 g/mol. The smallest absolute Gasteiger partial charge is 0.262 e. The number of carbonyl (C=O) groups excluding carboxylic acids is 1. The van der Waals surface area contributed by atoms with Crippen molar-refractivity contribution in [2.45, 2.75) is 13.0 Å². The molecule has 0 aliphatic carbocycles. The van der Waals surface area contributed by atoms with Gasteiger partial charge < -0.3 is 5.32 Å². The fraction of sp³-hybridized carbons (Fsp3) is 0.0833. The number of amides is 1. The highest BCUT2D eigenvalue weighted by Crippen LogP contribution is 2.26. The molecule has 3 aromatic rings. The molecule has 3 nitrogen and oxygen atoms in total. The van der Waals surface area contributed by atoms with Gasteiger partial charge in [-0.2, -0.15) is 5.26 Å². The second-order valence-corrected chi connectivity index (χ2v) is 6.90. The molecule has 3 rings (SSSR count). The topological polar surface area (TPSA) is 52.9 Å². The number of hydrogen-bond donors (Lipinski definition) is 1. The minimum Gasteiger partial charge on any atom is -0.340 e. The van der Waals surface area contributed by atoms with Crippen LogP contribution < -0.4 is 5.32 Å². The van der Waals surface area contributed by atoms with Gasteiger partial charge in [0, 0.05) is 5.56 Å². The summed E-state index contributed by atoms with van der Waals surface area (Å²) in [6.07, 6.45) is 1.19. The maximum absolute atomic E-state index is 14.4. The Bertz CT molecular complexity index is 1050. The average molecular weight is 405 g/mol. The lowest BCUT2D eigenvalue weighted by Crippen LogP contribution is -2.30. The Labute approximate surface area is 174 Å². The first-order valence-corrected chi connectivity index (χ1v) is 9.36. The molecule has 0 spiro atoms. The van der Waals surface area contributed by atoms with E-state index in [4.69, 9.17) is 11.6 Å². The van der Waals surface area contributed by atoms with E-state index in [1.807, 2.05) is 66.7 Å². The fourth-order valence-electron chi connectivity index (χ4n) is 2.96. The highest BCUT2D eigenvalue weighted by Gasteiger charge is 2.20. The first kappa shape index (κ1) is 20.3. The van der Waals surface area contributed by atoms with E-state index in [0.717, 1.165) is 11.1 Å². The van der Waals surface area contributed by atoms with Crippen molar-refractivity contribution in [2.24, 2.45) is 0 Å². The average Bonchev–Trinajstić information content (AvgIpc) is 2.76. The van der Waals surface area contributed by atoms with Crippen LogP contribution in [0.4, 0.5) is 4.39 Å². The number of nitriles is 1. The van der Waals surface area contributed by atoms with E-state index in [2.05, 4.69) is 5.32 Å². The van der Waals surface area contributed by atoms with Gasteiger partial charge in [-0.25, -0.2) is 4.39 Å². The minimum absolute atomic E-state index is 0.0225. The van der Waals surface area contributed by atoms with Gasteiger partial charge in [0.2, 0.25) is 0 Å². The Balaban J connectivity index is 1.97. The molecule has 0 aromatic heterocycles. The van der Waals surface area contributed by atoms with E-state index >= 15 is 0 Å². The van der Waals surface area contributed by atoms with E-state index in [0.29, 0.717) is 5.56 Å². The zero-order valence-electron chi connectivity index (χ0n) is 15.7. The van der Waals surface area contributed by atoms with Gasteiger partial charge >= 0.3 is 0 Å². The summed E-state index contributed by atoms with van der Waals surface area (Å²) in [6, 6.07) is 23.3. The molecule has 1 amide bonds. The van der Waals surface area contributed by atoms with Crippen molar-refractivity contribution in [3.63, 3.8) is 0 Å². The molecule has 3 aromatic carbocycles. The lowest BCUT2D eigenvalue weighted by molar-refractivity contribution is -0.117. The highest BCUT2D eigenvalue weighted by molar-refractivity contribution is 6.32. The molecule has 0 aliphatic heterocycles. The van der Waals surface area contributed by atoms with Gasteiger partial charge in [0.05, 0.1) is 11.1 Å². The van der Waals surface area contributed by atoms with Crippen molar-refractivity contribution >= 4 is 23.6 Å². The Morgan fingerprint density at radius 1 is 1.03 bits per heavy atom. The number of carbonyl (C=O) groups is 1. The lowest BCUT2D eigenvalue weighted by Gasteiger charge is -2.19. The molecule has 0 unspecified atom stereocenters. The molecule has 0 saturated carbocycles. The summed E-state index contributed by atoms with van der Waals surface area (Å²) < 4.78 is 14.4. The normalized spacial score (nSPS) is 11.2. The standard InChI is InChI=1S/C24H18ClFN2O/c1-16-12-13-21(25)20(22(16)26)14-19(15-27)24(29)28-23(17-8-4-2-5-9-17)18-10-6-3-7-11-18/h2-14,23H,1H3,(H,28,29).